The molecule has 0 amide bonds. The normalized spacial score (nSPS) is 10.1. The summed E-state index contributed by atoms with van der Waals surface area (Å²) in [5, 5.41) is 0. The first-order valence-corrected chi connectivity index (χ1v) is 4.40. The van der Waals surface area contributed by atoms with Gasteiger partial charge in [0.2, 0.25) is 0 Å². The molecule has 66 valence electrons. The topological polar surface area (TPSA) is 30.2 Å². The molecule has 0 N–H and O–H groups in total. The minimum absolute atomic E-state index is 0.0350. The smallest absolute Gasteiger partial charge is 0.185 e. The van der Waals surface area contributed by atoms with Gasteiger partial charge in [0.15, 0.2) is 5.43 Å². The van der Waals surface area contributed by atoms with Crippen molar-refractivity contribution in [2.24, 2.45) is 0 Å². The monoisotopic (exact) mass is 166 g/mol. The van der Waals surface area contributed by atoms with Crippen molar-refractivity contribution in [2.45, 2.75) is 32.6 Å². The SMILES string of the molecule is CCCCCc1cc(=O)cco1. The average Bonchev–Trinajstić information content (AvgIpc) is 2.05. The Labute approximate surface area is 72.2 Å². The van der Waals surface area contributed by atoms with Gasteiger partial charge in [0.25, 0.3) is 0 Å². The molecule has 1 heterocycles. The second kappa shape index (κ2) is 4.75. The third kappa shape index (κ3) is 2.91. The van der Waals surface area contributed by atoms with Crippen LogP contribution in [0.2, 0.25) is 0 Å². The first-order chi connectivity index (χ1) is 5.83. The maximum absolute atomic E-state index is 10.9. The van der Waals surface area contributed by atoms with E-state index in [1.807, 2.05) is 0 Å². The zero-order valence-corrected chi connectivity index (χ0v) is 7.38. The molecule has 0 atom stereocenters. The molecule has 0 aromatic carbocycles. The molecule has 0 unspecified atom stereocenters. The molecule has 1 aromatic rings. The summed E-state index contributed by atoms with van der Waals surface area (Å²) in [5.74, 6) is 0.802. The van der Waals surface area contributed by atoms with E-state index in [1.165, 1.54) is 25.2 Å². The standard InChI is InChI=1S/C10H14O2/c1-2-3-4-5-10-8-9(11)6-7-12-10/h6-8H,2-5H2,1H3. The summed E-state index contributed by atoms with van der Waals surface area (Å²) in [7, 11) is 0. The Bertz CT molecular complexity index is 275. The van der Waals surface area contributed by atoms with Gasteiger partial charge in [-0.3, -0.25) is 4.79 Å². The van der Waals surface area contributed by atoms with E-state index in [0.29, 0.717) is 0 Å². The van der Waals surface area contributed by atoms with Gasteiger partial charge in [-0.15, -0.1) is 0 Å². The van der Waals surface area contributed by atoms with Gasteiger partial charge in [-0.1, -0.05) is 19.8 Å². The van der Waals surface area contributed by atoms with Crippen LogP contribution in [0.5, 0.6) is 0 Å². The Morgan fingerprint density at radius 1 is 1.42 bits per heavy atom. The zero-order valence-electron chi connectivity index (χ0n) is 7.38. The predicted molar refractivity (Wildman–Crippen MR) is 48.2 cm³/mol. The van der Waals surface area contributed by atoms with Crippen LogP contribution < -0.4 is 5.43 Å². The van der Waals surface area contributed by atoms with Gasteiger partial charge in [0.1, 0.15) is 5.76 Å². The van der Waals surface area contributed by atoms with Crippen molar-refractivity contribution in [3.05, 3.63) is 34.4 Å². The number of hydrogen-bond donors (Lipinski definition) is 0. The fourth-order valence-electron chi connectivity index (χ4n) is 1.11. The second-order valence-electron chi connectivity index (χ2n) is 2.89. The Kier molecular flexibility index (Phi) is 3.58. The van der Waals surface area contributed by atoms with Gasteiger partial charge < -0.3 is 4.42 Å². The lowest BCUT2D eigenvalue weighted by molar-refractivity contribution is 0.479. The molecular formula is C10H14O2. The van der Waals surface area contributed by atoms with Crippen molar-refractivity contribution in [2.75, 3.05) is 0 Å². The number of hydrogen-bond acceptors (Lipinski definition) is 2. The van der Waals surface area contributed by atoms with Crippen LogP contribution in [-0.4, -0.2) is 0 Å². The average molecular weight is 166 g/mol. The number of rotatable bonds is 4. The van der Waals surface area contributed by atoms with Crippen LogP contribution in [0.4, 0.5) is 0 Å². The maximum Gasteiger partial charge on any atom is 0.185 e. The van der Waals surface area contributed by atoms with E-state index in [4.69, 9.17) is 4.42 Å². The van der Waals surface area contributed by atoms with Crippen molar-refractivity contribution in [3.8, 4) is 0 Å². The molecule has 0 aliphatic rings. The Morgan fingerprint density at radius 3 is 2.92 bits per heavy atom. The summed E-state index contributed by atoms with van der Waals surface area (Å²) in [6.45, 7) is 2.15. The fourth-order valence-corrected chi connectivity index (χ4v) is 1.11. The lowest BCUT2D eigenvalue weighted by atomic mass is 10.2. The van der Waals surface area contributed by atoms with Crippen molar-refractivity contribution >= 4 is 0 Å². The van der Waals surface area contributed by atoms with E-state index in [0.717, 1.165) is 18.6 Å². The first-order valence-electron chi connectivity index (χ1n) is 4.40. The van der Waals surface area contributed by atoms with Gasteiger partial charge >= 0.3 is 0 Å². The summed E-state index contributed by atoms with van der Waals surface area (Å²) in [6.07, 6.45) is 5.83. The van der Waals surface area contributed by atoms with Crippen LogP contribution in [-0.2, 0) is 6.42 Å². The van der Waals surface area contributed by atoms with Crippen LogP contribution in [0, 0.1) is 0 Å². The molecule has 1 aromatic heterocycles. The van der Waals surface area contributed by atoms with Gasteiger partial charge in [0.05, 0.1) is 6.26 Å². The Morgan fingerprint density at radius 2 is 2.25 bits per heavy atom. The summed E-state index contributed by atoms with van der Waals surface area (Å²) in [5.41, 5.74) is 0.0350. The molecule has 12 heavy (non-hydrogen) atoms. The number of unbranched alkanes of at least 4 members (excludes halogenated alkanes) is 2. The zero-order chi connectivity index (χ0) is 8.81. The van der Waals surface area contributed by atoms with Crippen LogP contribution in [0.3, 0.4) is 0 Å². The summed E-state index contributed by atoms with van der Waals surface area (Å²) >= 11 is 0. The Balaban J connectivity index is 2.47. The van der Waals surface area contributed by atoms with E-state index in [1.54, 1.807) is 6.07 Å². The number of aryl methyl sites for hydroxylation is 1. The molecule has 0 fully saturated rings. The molecule has 0 bridgehead atoms. The highest BCUT2D eigenvalue weighted by atomic mass is 16.3. The van der Waals surface area contributed by atoms with Crippen molar-refractivity contribution in [3.63, 3.8) is 0 Å². The van der Waals surface area contributed by atoms with Gasteiger partial charge in [-0.05, 0) is 6.42 Å². The van der Waals surface area contributed by atoms with E-state index in [2.05, 4.69) is 6.92 Å². The maximum atomic E-state index is 10.9. The van der Waals surface area contributed by atoms with E-state index < -0.39 is 0 Å². The predicted octanol–water partition coefficient (Wildman–Crippen LogP) is 2.37. The quantitative estimate of drug-likeness (QED) is 0.643. The highest BCUT2D eigenvalue weighted by molar-refractivity contribution is 4.99. The summed E-state index contributed by atoms with van der Waals surface area (Å²) in [4.78, 5) is 10.9. The molecule has 2 nitrogen and oxygen atoms in total. The minimum Gasteiger partial charge on any atom is -0.469 e. The third-order valence-corrected chi connectivity index (χ3v) is 1.78. The minimum atomic E-state index is 0.0350. The van der Waals surface area contributed by atoms with Crippen LogP contribution in [0.1, 0.15) is 31.9 Å². The lowest BCUT2D eigenvalue weighted by Gasteiger charge is -1.97. The second-order valence-corrected chi connectivity index (χ2v) is 2.89. The van der Waals surface area contributed by atoms with Gasteiger partial charge in [0, 0.05) is 18.6 Å². The molecule has 0 aliphatic heterocycles. The molecule has 0 saturated carbocycles. The van der Waals surface area contributed by atoms with Gasteiger partial charge in [-0.25, -0.2) is 0 Å². The van der Waals surface area contributed by atoms with E-state index in [-0.39, 0.29) is 5.43 Å². The largest absolute Gasteiger partial charge is 0.469 e. The first kappa shape index (κ1) is 9.04. The van der Waals surface area contributed by atoms with Crippen molar-refractivity contribution < 1.29 is 4.42 Å². The summed E-state index contributed by atoms with van der Waals surface area (Å²) < 4.78 is 5.15. The van der Waals surface area contributed by atoms with Crippen LogP contribution >= 0.6 is 0 Å². The highest BCUT2D eigenvalue weighted by Crippen LogP contribution is 2.03. The van der Waals surface area contributed by atoms with E-state index >= 15 is 0 Å². The van der Waals surface area contributed by atoms with Crippen molar-refractivity contribution in [1.82, 2.24) is 0 Å². The molecule has 0 saturated heterocycles. The molecular weight excluding hydrogens is 152 g/mol. The Hall–Kier alpha value is -1.05. The fraction of sp³-hybridized carbons (Fsp3) is 0.500. The third-order valence-electron chi connectivity index (χ3n) is 1.78. The van der Waals surface area contributed by atoms with Crippen molar-refractivity contribution in [1.29, 1.82) is 0 Å². The molecule has 0 aliphatic carbocycles. The van der Waals surface area contributed by atoms with Crippen LogP contribution in [0.15, 0.2) is 27.6 Å². The van der Waals surface area contributed by atoms with Crippen LogP contribution in [0.25, 0.3) is 0 Å². The highest BCUT2D eigenvalue weighted by Gasteiger charge is 1.94. The van der Waals surface area contributed by atoms with E-state index in [9.17, 15) is 4.79 Å². The molecule has 0 radical (unpaired) electrons. The molecule has 2 heteroatoms. The summed E-state index contributed by atoms with van der Waals surface area (Å²) in [6, 6.07) is 3.00. The molecule has 0 spiro atoms. The van der Waals surface area contributed by atoms with Gasteiger partial charge in [-0.2, -0.15) is 0 Å². The molecule has 1 rings (SSSR count). The lowest BCUT2D eigenvalue weighted by Crippen LogP contribution is -1.97.